The number of aromatic nitrogens is 2. The van der Waals surface area contributed by atoms with Gasteiger partial charge in [0.1, 0.15) is 4.99 Å². The Morgan fingerprint density at radius 1 is 1.38 bits per heavy atom. The second-order valence-corrected chi connectivity index (χ2v) is 3.23. The van der Waals surface area contributed by atoms with Gasteiger partial charge in [-0.1, -0.05) is 12.2 Å². The molecule has 0 aliphatic rings. The number of hydrogen-bond acceptors (Lipinski definition) is 4. The van der Waals surface area contributed by atoms with Gasteiger partial charge in [-0.25, -0.2) is 9.97 Å². The van der Waals surface area contributed by atoms with E-state index in [2.05, 4.69) is 22.2 Å². The summed E-state index contributed by atoms with van der Waals surface area (Å²) in [5, 5.41) is 0. The molecule has 0 aliphatic heterocycles. The lowest BCUT2D eigenvalue weighted by Crippen LogP contribution is -2.17. The molecule has 2 N–H and O–H groups in total. The maximum atomic E-state index is 11.9. The number of halogens is 3. The number of rotatable bonds is 4. The summed E-state index contributed by atoms with van der Waals surface area (Å²) in [6, 6.07) is 0. The van der Waals surface area contributed by atoms with Crippen LogP contribution in [0.15, 0.2) is 12.4 Å². The van der Waals surface area contributed by atoms with Gasteiger partial charge in [0, 0.05) is 12.4 Å². The van der Waals surface area contributed by atoms with Gasteiger partial charge in [-0.3, -0.25) is 0 Å². The SMILES string of the molecule is NC(=S)c1nccnc1OCCC(F)(F)F. The summed E-state index contributed by atoms with van der Waals surface area (Å²) in [5.74, 6) is -0.0840. The molecular formula is C8H8F3N3OS. The molecule has 0 bridgehead atoms. The van der Waals surface area contributed by atoms with E-state index >= 15 is 0 Å². The third-order valence-electron chi connectivity index (χ3n) is 1.52. The molecule has 0 atom stereocenters. The molecule has 88 valence electrons. The zero-order valence-corrected chi connectivity index (χ0v) is 8.81. The van der Waals surface area contributed by atoms with E-state index in [0.29, 0.717) is 0 Å². The second kappa shape index (κ2) is 5.06. The van der Waals surface area contributed by atoms with Crippen molar-refractivity contribution in [2.75, 3.05) is 6.61 Å². The van der Waals surface area contributed by atoms with Crippen molar-refractivity contribution in [3.05, 3.63) is 18.1 Å². The summed E-state index contributed by atoms with van der Waals surface area (Å²) < 4.78 is 40.4. The first-order valence-corrected chi connectivity index (χ1v) is 4.61. The first-order chi connectivity index (χ1) is 7.40. The summed E-state index contributed by atoms with van der Waals surface area (Å²) in [4.78, 5) is 7.38. The minimum atomic E-state index is -4.27. The van der Waals surface area contributed by atoms with Crippen molar-refractivity contribution >= 4 is 17.2 Å². The van der Waals surface area contributed by atoms with E-state index in [0.717, 1.165) is 0 Å². The van der Waals surface area contributed by atoms with Crippen LogP contribution >= 0.6 is 12.2 Å². The fraction of sp³-hybridized carbons (Fsp3) is 0.375. The van der Waals surface area contributed by atoms with Gasteiger partial charge in [0.2, 0.25) is 5.88 Å². The van der Waals surface area contributed by atoms with Crippen LogP contribution in [0.2, 0.25) is 0 Å². The Morgan fingerprint density at radius 2 is 2.00 bits per heavy atom. The highest BCUT2D eigenvalue weighted by Crippen LogP contribution is 2.20. The van der Waals surface area contributed by atoms with Crippen LogP contribution in [0, 0.1) is 0 Å². The normalized spacial score (nSPS) is 11.2. The van der Waals surface area contributed by atoms with Gasteiger partial charge < -0.3 is 10.5 Å². The molecule has 1 heterocycles. The summed E-state index contributed by atoms with van der Waals surface area (Å²) in [6.45, 7) is -0.544. The molecular weight excluding hydrogens is 243 g/mol. The molecule has 0 aromatic carbocycles. The summed E-state index contributed by atoms with van der Waals surface area (Å²) in [5.41, 5.74) is 5.38. The van der Waals surface area contributed by atoms with Crippen molar-refractivity contribution in [2.45, 2.75) is 12.6 Å². The molecule has 0 saturated carbocycles. The Labute approximate surface area is 94.6 Å². The number of alkyl halides is 3. The molecule has 0 amide bonds. The van der Waals surface area contributed by atoms with Gasteiger partial charge >= 0.3 is 6.18 Å². The third kappa shape index (κ3) is 3.97. The standard InChI is InChI=1S/C8H8F3N3OS/c9-8(10,11)1-4-15-7-5(6(12)16)13-2-3-14-7/h2-3H,1,4H2,(H2,12,16). The van der Waals surface area contributed by atoms with Gasteiger partial charge in [0.05, 0.1) is 13.0 Å². The van der Waals surface area contributed by atoms with Crippen molar-refractivity contribution in [2.24, 2.45) is 5.73 Å². The Bertz CT molecular complexity index is 383. The van der Waals surface area contributed by atoms with Crippen LogP contribution in [0.4, 0.5) is 13.2 Å². The van der Waals surface area contributed by atoms with Crippen LogP contribution in [-0.2, 0) is 0 Å². The fourth-order valence-corrected chi connectivity index (χ4v) is 1.00. The summed E-state index contributed by atoms with van der Waals surface area (Å²) >= 11 is 4.65. The maximum Gasteiger partial charge on any atom is 0.392 e. The van der Waals surface area contributed by atoms with E-state index in [1.54, 1.807) is 0 Å². The highest BCUT2D eigenvalue weighted by molar-refractivity contribution is 7.80. The van der Waals surface area contributed by atoms with Gasteiger partial charge in [0.25, 0.3) is 0 Å². The zero-order valence-electron chi connectivity index (χ0n) is 7.99. The zero-order chi connectivity index (χ0) is 12.2. The lowest BCUT2D eigenvalue weighted by molar-refractivity contribution is -0.139. The molecule has 4 nitrogen and oxygen atoms in total. The van der Waals surface area contributed by atoms with Crippen molar-refractivity contribution < 1.29 is 17.9 Å². The van der Waals surface area contributed by atoms with E-state index in [-0.39, 0.29) is 16.6 Å². The van der Waals surface area contributed by atoms with Gasteiger partial charge in [-0.2, -0.15) is 13.2 Å². The second-order valence-electron chi connectivity index (χ2n) is 2.79. The summed E-state index contributed by atoms with van der Waals surface area (Å²) in [6.07, 6.45) is -2.73. The van der Waals surface area contributed by atoms with Crippen LogP contribution in [0.3, 0.4) is 0 Å². The van der Waals surface area contributed by atoms with Crippen molar-refractivity contribution in [1.29, 1.82) is 0 Å². The largest absolute Gasteiger partial charge is 0.476 e. The quantitative estimate of drug-likeness (QED) is 0.820. The third-order valence-corrected chi connectivity index (χ3v) is 1.72. The predicted molar refractivity (Wildman–Crippen MR) is 54.1 cm³/mol. The molecule has 0 unspecified atom stereocenters. The van der Waals surface area contributed by atoms with Crippen LogP contribution < -0.4 is 10.5 Å². The molecule has 1 rings (SSSR count). The predicted octanol–water partition coefficient (Wildman–Crippen LogP) is 1.44. The highest BCUT2D eigenvalue weighted by atomic mass is 32.1. The topological polar surface area (TPSA) is 61.0 Å². The molecule has 16 heavy (non-hydrogen) atoms. The molecule has 0 fully saturated rings. The van der Waals surface area contributed by atoms with Crippen molar-refractivity contribution in [3.8, 4) is 5.88 Å². The number of nitrogens with zero attached hydrogens (tertiary/aromatic N) is 2. The number of ether oxygens (including phenoxy) is 1. The molecule has 8 heteroatoms. The van der Waals surface area contributed by atoms with Crippen LogP contribution in [0.5, 0.6) is 5.88 Å². The summed E-state index contributed by atoms with van der Waals surface area (Å²) in [7, 11) is 0. The van der Waals surface area contributed by atoms with E-state index in [1.165, 1.54) is 12.4 Å². The molecule has 1 aromatic heterocycles. The Morgan fingerprint density at radius 3 is 2.56 bits per heavy atom. The van der Waals surface area contributed by atoms with Crippen LogP contribution in [0.25, 0.3) is 0 Å². The Hall–Kier alpha value is -1.44. The van der Waals surface area contributed by atoms with E-state index in [9.17, 15) is 13.2 Å². The van der Waals surface area contributed by atoms with E-state index in [1.807, 2.05) is 0 Å². The Balaban J connectivity index is 2.64. The van der Waals surface area contributed by atoms with Crippen molar-refractivity contribution in [3.63, 3.8) is 0 Å². The molecule has 1 aromatic rings. The minimum Gasteiger partial charge on any atom is -0.476 e. The lowest BCUT2D eigenvalue weighted by Gasteiger charge is -2.09. The van der Waals surface area contributed by atoms with Crippen molar-refractivity contribution in [1.82, 2.24) is 9.97 Å². The smallest absolute Gasteiger partial charge is 0.392 e. The van der Waals surface area contributed by atoms with E-state index < -0.39 is 19.2 Å². The average molecular weight is 251 g/mol. The molecule has 0 aliphatic carbocycles. The molecule has 0 spiro atoms. The average Bonchev–Trinajstić information content (AvgIpc) is 2.16. The molecule has 0 saturated heterocycles. The lowest BCUT2D eigenvalue weighted by atomic mass is 10.4. The fourth-order valence-electron chi connectivity index (χ4n) is 0.863. The maximum absolute atomic E-state index is 11.9. The monoisotopic (exact) mass is 251 g/mol. The molecule has 0 radical (unpaired) electrons. The van der Waals surface area contributed by atoms with Gasteiger partial charge in [-0.05, 0) is 0 Å². The first kappa shape index (κ1) is 12.6. The van der Waals surface area contributed by atoms with Crippen LogP contribution in [0.1, 0.15) is 12.1 Å². The highest BCUT2D eigenvalue weighted by Gasteiger charge is 2.27. The van der Waals surface area contributed by atoms with Gasteiger partial charge in [0.15, 0.2) is 5.69 Å². The van der Waals surface area contributed by atoms with Gasteiger partial charge in [-0.15, -0.1) is 0 Å². The number of hydrogen-bond donors (Lipinski definition) is 1. The first-order valence-electron chi connectivity index (χ1n) is 4.20. The number of thiocarbonyl (C=S) groups is 1. The minimum absolute atomic E-state index is 0.0740. The van der Waals surface area contributed by atoms with E-state index in [4.69, 9.17) is 10.5 Å². The van der Waals surface area contributed by atoms with Crippen LogP contribution in [-0.4, -0.2) is 27.7 Å². The Kier molecular flexibility index (Phi) is 3.99. The number of nitrogens with two attached hydrogens (primary N) is 1.